The van der Waals surface area contributed by atoms with E-state index in [4.69, 9.17) is 5.26 Å². The molecule has 0 amide bonds. The van der Waals surface area contributed by atoms with E-state index in [2.05, 4.69) is 15.9 Å². The number of rotatable bonds is 2. The Balaban J connectivity index is 2.42. The van der Waals surface area contributed by atoms with Crippen molar-refractivity contribution in [1.29, 1.82) is 5.26 Å². The van der Waals surface area contributed by atoms with Crippen LogP contribution < -0.4 is 5.56 Å². The van der Waals surface area contributed by atoms with Gasteiger partial charge in [-0.3, -0.25) is 4.79 Å². The van der Waals surface area contributed by atoms with Crippen LogP contribution in [0.4, 0.5) is 4.39 Å². The van der Waals surface area contributed by atoms with Crippen LogP contribution in [0.3, 0.4) is 0 Å². The molecule has 0 aliphatic rings. The SMILES string of the molecule is Cc1cc(Br)cn(Cc2ccc(F)c(C#N)c2)c1=O. The quantitative estimate of drug-likeness (QED) is 0.854. The smallest absolute Gasteiger partial charge is 0.253 e. The van der Waals surface area contributed by atoms with Gasteiger partial charge in [0.05, 0.1) is 12.1 Å². The fraction of sp³-hybridized carbons (Fsp3) is 0.143. The van der Waals surface area contributed by atoms with Gasteiger partial charge in [0.15, 0.2) is 0 Å². The van der Waals surface area contributed by atoms with E-state index >= 15 is 0 Å². The highest BCUT2D eigenvalue weighted by Crippen LogP contribution is 2.12. The van der Waals surface area contributed by atoms with Crippen molar-refractivity contribution in [3.63, 3.8) is 0 Å². The lowest BCUT2D eigenvalue weighted by atomic mass is 10.1. The van der Waals surface area contributed by atoms with Crippen LogP contribution in [0.1, 0.15) is 16.7 Å². The Morgan fingerprint density at radius 1 is 1.42 bits per heavy atom. The van der Waals surface area contributed by atoms with Crippen molar-refractivity contribution >= 4 is 15.9 Å². The maximum Gasteiger partial charge on any atom is 0.253 e. The summed E-state index contributed by atoms with van der Waals surface area (Å²) < 4.78 is 15.5. The highest BCUT2D eigenvalue weighted by molar-refractivity contribution is 9.10. The molecule has 1 aromatic heterocycles. The lowest BCUT2D eigenvalue weighted by Gasteiger charge is -2.08. The minimum Gasteiger partial charge on any atom is -0.310 e. The predicted octanol–water partition coefficient (Wildman–Crippen LogP) is 2.98. The molecule has 0 fully saturated rings. The Morgan fingerprint density at radius 2 is 2.16 bits per heavy atom. The summed E-state index contributed by atoms with van der Waals surface area (Å²) in [6, 6.07) is 7.79. The van der Waals surface area contributed by atoms with Gasteiger partial charge in [-0.1, -0.05) is 6.07 Å². The van der Waals surface area contributed by atoms with Gasteiger partial charge < -0.3 is 4.57 Å². The van der Waals surface area contributed by atoms with Crippen LogP contribution in [0.25, 0.3) is 0 Å². The lowest BCUT2D eigenvalue weighted by molar-refractivity contribution is 0.622. The molecule has 0 atom stereocenters. The van der Waals surface area contributed by atoms with Crippen molar-refractivity contribution in [2.45, 2.75) is 13.5 Å². The zero-order chi connectivity index (χ0) is 14.0. The summed E-state index contributed by atoms with van der Waals surface area (Å²) in [6.07, 6.45) is 1.67. The van der Waals surface area contributed by atoms with Crippen LogP contribution in [0, 0.1) is 24.1 Å². The highest BCUT2D eigenvalue weighted by atomic mass is 79.9. The van der Waals surface area contributed by atoms with Gasteiger partial charge in [0.25, 0.3) is 5.56 Å². The highest BCUT2D eigenvalue weighted by Gasteiger charge is 2.06. The average molecular weight is 321 g/mol. The second kappa shape index (κ2) is 5.37. The average Bonchev–Trinajstić information content (AvgIpc) is 2.37. The first-order chi connectivity index (χ1) is 9.01. The van der Waals surface area contributed by atoms with Crippen molar-refractivity contribution in [2.75, 3.05) is 0 Å². The summed E-state index contributed by atoms with van der Waals surface area (Å²) in [5, 5.41) is 8.79. The Labute approximate surface area is 118 Å². The monoisotopic (exact) mass is 320 g/mol. The molecule has 19 heavy (non-hydrogen) atoms. The second-order valence-electron chi connectivity index (χ2n) is 4.20. The summed E-state index contributed by atoms with van der Waals surface area (Å²) in [7, 11) is 0. The summed E-state index contributed by atoms with van der Waals surface area (Å²) in [5.41, 5.74) is 1.21. The normalized spacial score (nSPS) is 10.2. The first-order valence-corrected chi connectivity index (χ1v) is 6.35. The summed E-state index contributed by atoms with van der Waals surface area (Å²) in [5.74, 6) is -0.552. The van der Waals surface area contributed by atoms with Gasteiger partial charge in [-0.15, -0.1) is 0 Å². The van der Waals surface area contributed by atoms with Crippen LogP contribution in [0.15, 0.2) is 39.7 Å². The third-order valence-electron chi connectivity index (χ3n) is 2.74. The Bertz CT molecular complexity index is 731. The fourth-order valence-electron chi connectivity index (χ4n) is 1.81. The van der Waals surface area contributed by atoms with Crippen LogP contribution in [0.5, 0.6) is 0 Å². The van der Waals surface area contributed by atoms with Crippen molar-refractivity contribution in [3.05, 3.63) is 67.8 Å². The van der Waals surface area contributed by atoms with Crippen molar-refractivity contribution < 1.29 is 4.39 Å². The van der Waals surface area contributed by atoms with Gasteiger partial charge in [-0.2, -0.15) is 5.26 Å². The van der Waals surface area contributed by atoms with E-state index in [0.29, 0.717) is 17.7 Å². The molecule has 0 saturated heterocycles. The van der Waals surface area contributed by atoms with E-state index in [-0.39, 0.29) is 11.1 Å². The molecule has 0 radical (unpaired) electrons. The second-order valence-corrected chi connectivity index (χ2v) is 5.12. The zero-order valence-electron chi connectivity index (χ0n) is 10.2. The summed E-state index contributed by atoms with van der Waals surface area (Å²) in [6.45, 7) is 2.03. The van der Waals surface area contributed by atoms with E-state index in [9.17, 15) is 9.18 Å². The van der Waals surface area contributed by atoms with Crippen LogP contribution in [-0.4, -0.2) is 4.57 Å². The van der Waals surface area contributed by atoms with E-state index in [1.54, 1.807) is 31.3 Å². The van der Waals surface area contributed by atoms with E-state index in [1.165, 1.54) is 16.7 Å². The zero-order valence-corrected chi connectivity index (χ0v) is 11.7. The van der Waals surface area contributed by atoms with Crippen LogP contribution in [-0.2, 0) is 6.54 Å². The Kier molecular flexibility index (Phi) is 3.82. The summed E-state index contributed by atoms with van der Waals surface area (Å²) >= 11 is 3.33. The molecule has 2 aromatic rings. The minimum absolute atomic E-state index is 0.0164. The third kappa shape index (κ3) is 2.91. The van der Waals surface area contributed by atoms with Gasteiger partial charge >= 0.3 is 0 Å². The molecule has 2 rings (SSSR count). The lowest BCUT2D eigenvalue weighted by Crippen LogP contribution is -2.22. The van der Waals surface area contributed by atoms with Gasteiger partial charge in [0.2, 0.25) is 0 Å². The topological polar surface area (TPSA) is 45.8 Å². The van der Waals surface area contributed by atoms with Gasteiger partial charge in [-0.25, -0.2) is 4.39 Å². The molecular formula is C14H10BrFN2O. The molecule has 0 aliphatic carbocycles. The van der Waals surface area contributed by atoms with Gasteiger partial charge in [0, 0.05) is 16.2 Å². The molecule has 0 spiro atoms. The van der Waals surface area contributed by atoms with Crippen molar-refractivity contribution in [2.24, 2.45) is 0 Å². The van der Waals surface area contributed by atoms with Gasteiger partial charge in [0.1, 0.15) is 11.9 Å². The molecule has 0 saturated carbocycles. The number of aryl methyl sites for hydroxylation is 1. The molecule has 1 aromatic carbocycles. The molecule has 0 unspecified atom stereocenters. The number of hydrogen-bond donors (Lipinski definition) is 0. The number of halogens is 2. The largest absolute Gasteiger partial charge is 0.310 e. The predicted molar refractivity (Wildman–Crippen MR) is 73.4 cm³/mol. The first-order valence-electron chi connectivity index (χ1n) is 5.56. The van der Waals surface area contributed by atoms with Gasteiger partial charge in [-0.05, 0) is 46.6 Å². The third-order valence-corrected chi connectivity index (χ3v) is 3.17. The molecular weight excluding hydrogens is 311 g/mol. The molecule has 0 N–H and O–H groups in total. The fourth-order valence-corrected chi connectivity index (χ4v) is 2.40. The number of aromatic nitrogens is 1. The molecule has 0 bridgehead atoms. The molecule has 5 heteroatoms. The number of hydrogen-bond acceptors (Lipinski definition) is 2. The van der Waals surface area contributed by atoms with E-state index < -0.39 is 5.82 Å². The first kappa shape index (κ1) is 13.5. The molecule has 0 aliphatic heterocycles. The number of nitriles is 1. The van der Waals surface area contributed by atoms with Crippen LogP contribution >= 0.6 is 15.9 Å². The van der Waals surface area contributed by atoms with Crippen LogP contribution in [0.2, 0.25) is 0 Å². The Hall–Kier alpha value is -1.93. The Morgan fingerprint density at radius 3 is 2.84 bits per heavy atom. The molecule has 96 valence electrons. The number of nitrogens with zero attached hydrogens (tertiary/aromatic N) is 2. The minimum atomic E-state index is -0.552. The molecule has 3 nitrogen and oxygen atoms in total. The summed E-state index contributed by atoms with van der Waals surface area (Å²) in [4.78, 5) is 11.9. The standard InChI is InChI=1S/C14H10BrFN2O/c1-9-4-12(15)8-18(14(9)19)7-10-2-3-13(16)11(5-10)6-17/h2-5,8H,7H2,1H3. The molecule has 1 heterocycles. The number of benzene rings is 1. The van der Waals surface area contributed by atoms with Crippen molar-refractivity contribution in [1.82, 2.24) is 4.57 Å². The number of pyridine rings is 1. The van der Waals surface area contributed by atoms with E-state index in [0.717, 1.165) is 4.47 Å². The van der Waals surface area contributed by atoms with E-state index in [1.807, 2.05) is 0 Å². The van der Waals surface area contributed by atoms with Crippen molar-refractivity contribution in [3.8, 4) is 6.07 Å². The maximum absolute atomic E-state index is 13.2. The maximum atomic E-state index is 13.2.